The summed E-state index contributed by atoms with van der Waals surface area (Å²) >= 11 is 0. The third kappa shape index (κ3) is 6.95. The van der Waals surface area contributed by atoms with E-state index in [0.717, 1.165) is 33.6 Å². The number of carbonyl (C=O) groups is 2. The molecule has 0 radical (unpaired) electrons. The highest BCUT2D eigenvalue weighted by Gasteiger charge is 2.21. The first-order valence-electron chi connectivity index (χ1n) is 12.3. The van der Waals surface area contributed by atoms with Crippen molar-refractivity contribution in [3.05, 3.63) is 95.1 Å². The number of ether oxygens (including phenoxy) is 1. The van der Waals surface area contributed by atoms with Crippen LogP contribution in [0.3, 0.4) is 0 Å². The first-order valence-corrected chi connectivity index (χ1v) is 12.3. The predicted octanol–water partition coefficient (Wildman–Crippen LogP) is 7.28. The van der Waals surface area contributed by atoms with Gasteiger partial charge in [-0.15, -0.1) is 0 Å². The Hall–Kier alpha value is -3.60. The first kappa shape index (κ1) is 26.0. The van der Waals surface area contributed by atoms with E-state index in [1.807, 2.05) is 54.6 Å². The summed E-state index contributed by atoms with van der Waals surface area (Å²) in [4.78, 5) is 27.4. The Labute approximate surface area is 209 Å². The number of amides is 2. The molecule has 0 atom stereocenters. The second-order valence-corrected chi connectivity index (χ2v) is 9.27. The molecule has 0 fully saturated rings. The van der Waals surface area contributed by atoms with Crippen LogP contribution in [0.15, 0.2) is 72.8 Å². The van der Waals surface area contributed by atoms with Gasteiger partial charge in [0.2, 0.25) is 0 Å². The standard InChI is InChI=1S/C30H36N2O3/c1-6-35-28(33)19-23-15-17-25(18-16-23)32(20-24-11-8-7-9-12-24)30(34)31-29-26(21(2)3)13-10-14-27(29)22(4)5/h7-18,21-22H,6,19-20H2,1-5H3,(H,31,34). The van der Waals surface area contributed by atoms with Crippen molar-refractivity contribution in [2.45, 2.75) is 59.4 Å². The monoisotopic (exact) mass is 472 g/mol. The molecule has 0 unspecified atom stereocenters. The van der Waals surface area contributed by atoms with Crippen molar-refractivity contribution in [1.29, 1.82) is 0 Å². The molecule has 5 heteroatoms. The zero-order valence-corrected chi connectivity index (χ0v) is 21.4. The fraction of sp³-hybridized carbons (Fsp3) is 0.333. The Bertz CT molecular complexity index is 1100. The fourth-order valence-electron chi connectivity index (χ4n) is 4.09. The molecule has 0 aliphatic heterocycles. The summed E-state index contributed by atoms with van der Waals surface area (Å²) in [6.45, 7) is 11.1. The molecule has 5 nitrogen and oxygen atoms in total. The van der Waals surface area contributed by atoms with Gasteiger partial charge in [-0.05, 0) is 53.1 Å². The predicted molar refractivity (Wildman–Crippen MR) is 143 cm³/mol. The highest BCUT2D eigenvalue weighted by molar-refractivity contribution is 6.02. The van der Waals surface area contributed by atoms with Crippen LogP contribution in [0, 0.1) is 0 Å². The third-order valence-corrected chi connectivity index (χ3v) is 5.94. The number of nitrogens with one attached hydrogen (secondary N) is 1. The van der Waals surface area contributed by atoms with Crippen LogP contribution in [-0.2, 0) is 22.5 Å². The highest BCUT2D eigenvalue weighted by Crippen LogP contribution is 2.33. The molecule has 0 saturated heterocycles. The minimum atomic E-state index is -0.259. The molecular formula is C30H36N2O3. The summed E-state index contributed by atoms with van der Waals surface area (Å²) in [5, 5.41) is 3.24. The Morgan fingerprint density at radius 1 is 0.800 bits per heavy atom. The van der Waals surface area contributed by atoms with E-state index in [0.29, 0.717) is 13.2 Å². The topological polar surface area (TPSA) is 58.6 Å². The maximum Gasteiger partial charge on any atom is 0.326 e. The van der Waals surface area contributed by atoms with E-state index < -0.39 is 0 Å². The maximum atomic E-state index is 13.8. The number of urea groups is 1. The molecular weight excluding hydrogens is 436 g/mol. The minimum Gasteiger partial charge on any atom is -0.466 e. The first-order chi connectivity index (χ1) is 16.8. The number of esters is 1. The van der Waals surface area contributed by atoms with Gasteiger partial charge >= 0.3 is 12.0 Å². The SMILES string of the molecule is CCOC(=O)Cc1ccc(N(Cc2ccccc2)C(=O)Nc2c(C(C)C)cccc2C(C)C)cc1. The van der Waals surface area contributed by atoms with E-state index >= 15 is 0 Å². The Morgan fingerprint density at radius 2 is 1.40 bits per heavy atom. The summed E-state index contributed by atoms with van der Waals surface area (Å²) < 4.78 is 5.05. The van der Waals surface area contributed by atoms with Crippen LogP contribution in [0.1, 0.15) is 68.7 Å². The number of anilines is 2. The van der Waals surface area contributed by atoms with Gasteiger partial charge in [-0.1, -0.05) is 88.4 Å². The lowest BCUT2D eigenvalue weighted by Crippen LogP contribution is -2.35. The molecule has 0 aliphatic rings. The van der Waals surface area contributed by atoms with Gasteiger partial charge in [-0.25, -0.2) is 4.79 Å². The van der Waals surface area contributed by atoms with E-state index in [1.165, 1.54) is 0 Å². The fourth-order valence-corrected chi connectivity index (χ4v) is 4.09. The summed E-state index contributed by atoms with van der Waals surface area (Å²) in [6, 6.07) is 23.5. The zero-order valence-electron chi connectivity index (χ0n) is 21.4. The number of para-hydroxylation sites is 1. The summed E-state index contributed by atoms with van der Waals surface area (Å²) in [6.07, 6.45) is 0.207. The molecule has 35 heavy (non-hydrogen) atoms. The Balaban J connectivity index is 1.94. The number of carbonyl (C=O) groups excluding carboxylic acids is 2. The smallest absolute Gasteiger partial charge is 0.326 e. The molecule has 3 rings (SSSR count). The third-order valence-electron chi connectivity index (χ3n) is 5.94. The van der Waals surface area contributed by atoms with E-state index in [1.54, 1.807) is 11.8 Å². The van der Waals surface area contributed by atoms with Crippen molar-refractivity contribution in [2.24, 2.45) is 0 Å². The normalized spacial score (nSPS) is 10.9. The van der Waals surface area contributed by atoms with Crippen LogP contribution in [0.4, 0.5) is 16.2 Å². The molecule has 0 aromatic heterocycles. The van der Waals surface area contributed by atoms with E-state index in [4.69, 9.17) is 4.74 Å². The van der Waals surface area contributed by atoms with Gasteiger partial charge in [-0.2, -0.15) is 0 Å². The number of benzene rings is 3. The lowest BCUT2D eigenvalue weighted by atomic mass is 9.93. The van der Waals surface area contributed by atoms with Crippen molar-refractivity contribution < 1.29 is 14.3 Å². The zero-order chi connectivity index (χ0) is 25.4. The van der Waals surface area contributed by atoms with Crippen LogP contribution in [0.2, 0.25) is 0 Å². The van der Waals surface area contributed by atoms with Crippen LogP contribution in [0.25, 0.3) is 0 Å². The molecule has 3 aromatic rings. The molecule has 0 heterocycles. The Morgan fingerprint density at radius 3 is 1.94 bits per heavy atom. The van der Waals surface area contributed by atoms with E-state index in [9.17, 15) is 9.59 Å². The van der Waals surface area contributed by atoms with Gasteiger partial charge in [-0.3, -0.25) is 9.69 Å². The average molecular weight is 473 g/mol. The number of nitrogens with zero attached hydrogens (tertiary/aromatic N) is 1. The molecule has 184 valence electrons. The highest BCUT2D eigenvalue weighted by atomic mass is 16.5. The van der Waals surface area contributed by atoms with Crippen molar-refractivity contribution in [3.8, 4) is 0 Å². The lowest BCUT2D eigenvalue weighted by Gasteiger charge is -2.26. The number of rotatable bonds is 9. The van der Waals surface area contributed by atoms with Gasteiger partial charge < -0.3 is 10.1 Å². The minimum absolute atomic E-state index is 0.193. The largest absolute Gasteiger partial charge is 0.466 e. The van der Waals surface area contributed by atoms with Crippen LogP contribution < -0.4 is 10.2 Å². The molecule has 3 aromatic carbocycles. The number of hydrogen-bond donors (Lipinski definition) is 1. The summed E-state index contributed by atoms with van der Waals surface area (Å²) in [5.41, 5.74) is 5.76. The molecule has 0 aliphatic carbocycles. The van der Waals surface area contributed by atoms with Gasteiger partial charge in [0.15, 0.2) is 0 Å². The van der Waals surface area contributed by atoms with E-state index in [-0.39, 0.29) is 30.3 Å². The van der Waals surface area contributed by atoms with Crippen molar-refractivity contribution in [2.75, 3.05) is 16.8 Å². The van der Waals surface area contributed by atoms with Crippen molar-refractivity contribution in [1.82, 2.24) is 0 Å². The lowest BCUT2D eigenvalue weighted by molar-refractivity contribution is -0.142. The van der Waals surface area contributed by atoms with E-state index in [2.05, 4.69) is 51.2 Å². The van der Waals surface area contributed by atoms with Gasteiger partial charge in [0.1, 0.15) is 0 Å². The summed E-state index contributed by atoms with van der Waals surface area (Å²) in [5.74, 6) is 0.285. The second kappa shape index (κ2) is 12.2. The molecule has 0 spiro atoms. The van der Waals surface area contributed by atoms with Crippen LogP contribution in [-0.4, -0.2) is 18.6 Å². The molecule has 1 N–H and O–H groups in total. The average Bonchev–Trinajstić information content (AvgIpc) is 2.83. The maximum absolute atomic E-state index is 13.8. The van der Waals surface area contributed by atoms with Gasteiger partial charge in [0.05, 0.1) is 19.6 Å². The van der Waals surface area contributed by atoms with Gasteiger partial charge in [0, 0.05) is 11.4 Å². The summed E-state index contributed by atoms with van der Waals surface area (Å²) in [7, 11) is 0. The van der Waals surface area contributed by atoms with Crippen LogP contribution in [0.5, 0.6) is 0 Å². The van der Waals surface area contributed by atoms with Crippen molar-refractivity contribution in [3.63, 3.8) is 0 Å². The number of hydrogen-bond acceptors (Lipinski definition) is 3. The van der Waals surface area contributed by atoms with Gasteiger partial charge in [0.25, 0.3) is 0 Å². The van der Waals surface area contributed by atoms with Crippen molar-refractivity contribution >= 4 is 23.4 Å². The van der Waals surface area contributed by atoms with Crippen LogP contribution >= 0.6 is 0 Å². The quantitative estimate of drug-likeness (QED) is 0.333. The Kier molecular flexibility index (Phi) is 9.07. The molecule has 0 bridgehead atoms. The second-order valence-electron chi connectivity index (χ2n) is 9.27. The molecule has 0 saturated carbocycles. The molecule has 2 amide bonds.